The van der Waals surface area contributed by atoms with Crippen LogP contribution < -0.4 is 0 Å². The van der Waals surface area contributed by atoms with Crippen molar-refractivity contribution in [1.29, 1.82) is 0 Å². The molecule has 5 rings (SSSR count). The SMILES string of the molecule is COC1=C(CCC(=O)c2c(C)n(C(C)C3CCN(C)C(c4cccc(C)c4)C3)c3ccccc23)C(=O)CC(C)=C1. The first-order valence-electron chi connectivity index (χ1n) is 14.6. The van der Waals surface area contributed by atoms with Crippen LogP contribution in [0.2, 0.25) is 0 Å². The summed E-state index contributed by atoms with van der Waals surface area (Å²) in [5.41, 5.74) is 7.23. The summed E-state index contributed by atoms with van der Waals surface area (Å²) in [6.07, 6.45) is 5.20. The number of allylic oxidation sites excluding steroid dienone is 3. The van der Waals surface area contributed by atoms with Crippen molar-refractivity contribution < 1.29 is 14.3 Å². The minimum atomic E-state index is 0.0582. The number of piperidine rings is 1. The predicted octanol–water partition coefficient (Wildman–Crippen LogP) is 7.68. The summed E-state index contributed by atoms with van der Waals surface area (Å²) in [7, 11) is 3.82. The highest BCUT2D eigenvalue weighted by Crippen LogP contribution is 2.41. The number of nitrogens with zero attached hydrogens (tertiary/aromatic N) is 2. The number of aromatic nitrogens is 1. The Kier molecular flexibility index (Phi) is 8.14. The van der Waals surface area contributed by atoms with Gasteiger partial charge in [-0.15, -0.1) is 0 Å². The van der Waals surface area contributed by atoms with Gasteiger partial charge in [0.1, 0.15) is 5.76 Å². The van der Waals surface area contributed by atoms with E-state index in [9.17, 15) is 9.59 Å². The lowest BCUT2D eigenvalue weighted by molar-refractivity contribution is -0.115. The molecule has 2 aromatic carbocycles. The third kappa shape index (κ3) is 5.32. The summed E-state index contributed by atoms with van der Waals surface area (Å²) in [6.45, 7) is 9.56. The van der Waals surface area contributed by atoms with Crippen molar-refractivity contribution in [1.82, 2.24) is 9.47 Å². The van der Waals surface area contributed by atoms with Gasteiger partial charge < -0.3 is 9.30 Å². The van der Waals surface area contributed by atoms with E-state index in [0.717, 1.165) is 47.1 Å². The quantitative estimate of drug-likeness (QED) is 0.276. The van der Waals surface area contributed by atoms with Crippen molar-refractivity contribution in [2.24, 2.45) is 5.92 Å². The molecule has 0 bridgehead atoms. The highest BCUT2D eigenvalue weighted by atomic mass is 16.5. The highest BCUT2D eigenvalue weighted by Gasteiger charge is 2.33. The summed E-state index contributed by atoms with van der Waals surface area (Å²) in [4.78, 5) is 29.0. The Labute approximate surface area is 238 Å². The first kappa shape index (κ1) is 28.1. The molecule has 2 heterocycles. The summed E-state index contributed by atoms with van der Waals surface area (Å²) in [5, 5.41) is 1.01. The molecule has 1 aliphatic carbocycles. The Morgan fingerprint density at radius 1 is 1.10 bits per heavy atom. The van der Waals surface area contributed by atoms with Crippen LogP contribution in [0.4, 0.5) is 0 Å². The molecule has 1 aliphatic heterocycles. The summed E-state index contributed by atoms with van der Waals surface area (Å²) < 4.78 is 7.90. The van der Waals surface area contributed by atoms with E-state index in [1.165, 1.54) is 11.1 Å². The van der Waals surface area contributed by atoms with Crippen LogP contribution in [0.3, 0.4) is 0 Å². The van der Waals surface area contributed by atoms with Crippen molar-refractivity contribution in [3.8, 4) is 0 Å². The molecule has 0 spiro atoms. The van der Waals surface area contributed by atoms with Gasteiger partial charge >= 0.3 is 0 Å². The van der Waals surface area contributed by atoms with Gasteiger partial charge in [0, 0.05) is 52.7 Å². The molecule has 5 heteroatoms. The minimum Gasteiger partial charge on any atom is -0.496 e. The van der Waals surface area contributed by atoms with Crippen LogP contribution in [0, 0.1) is 19.8 Å². The molecule has 2 aliphatic rings. The number of para-hydroxylation sites is 1. The topological polar surface area (TPSA) is 51.5 Å². The first-order valence-corrected chi connectivity index (χ1v) is 14.6. The fraction of sp³-hybridized carbons (Fsp3) is 0.429. The van der Waals surface area contributed by atoms with E-state index in [1.807, 2.05) is 19.1 Å². The highest BCUT2D eigenvalue weighted by molar-refractivity contribution is 6.10. The number of carbonyl (C=O) groups is 2. The molecule has 1 aromatic heterocycles. The van der Waals surface area contributed by atoms with Gasteiger partial charge in [-0.25, -0.2) is 0 Å². The Bertz CT molecular complexity index is 1510. The van der Waals surface area contributed by atoms with Gasteiger partial charge in [0.15, 0.2) is 11.6 Å². The number of ether oxygens (including phenoxy) is 1. The van der Waals surface area contributed by atoms with E-state index in [4.69, 9.17) is 4.74 Å². The fourth-order valence-electron chi connectivity index (χ4n) is 6.96. The molecule has 40 heavy (non-hydrogen) atoms. The number of benzene rings is 2. The zero-order valence-corrected chi connectivity index (χ0v) is 24.8. The van der Waals surface area contributed by atoms with Gasteiger partial charge in [0.05, 0.1) is 7.11 Å². The van der Waals surface area contributed by atoms with E-state index < -0.39 is 0 Å². The normalized spacial score (nSPS) is 21.1. The number of methoxy groups -OCH3 is 1. The van der Waals surface area contributed by atoms with Crippen molar-refractivity contribution >= 4 is 22.5 Å². The molecule has 1 fully saturated rings. The molecule has 210 valence electrons. The van der Waals surface area contributed by atoms with Crippen molar-refractivity contribution in [3.05, 3.63) is 93.9 Å². The maximum absolute atomic E-state index is 13.8. The van der Waals surface area contributed by atoms with Gasteiger partial charge in [-0.05, 0) is 84.2 Å². The lowest BCUT2D eigenvalue weighted by atomic mass is 9.83. The van der Waals surface area contributed by atoms with E-state index in [0.29, 0.717) is 36.1 Å². The standard InChI is InChI=1S/C35H42N2O3/c1-22-10-9-11-27(18-22)31-21-26(16-17-36(31)5)24(3)37-25(4)35(28-12-7-8-13-30(28)37)32(38)15-14-29-33(39)19-23(2)20-34(29)40-6/h7-13,18,20,24,26,31H,14-17,19,21H2,1-6H3. The van der Waals surface area contributed by atoms with Crippen LogP contribution in [0.25, 0.3) is 10.9 Å². The second-order valence-electron chi connectivity index (χ2n) is 11.8. The van der Waals surface area contributed by atoms with E-state index >= 15 is 0 Å². The van der Waals surface area contributed by atoms with Crippen LogP contribution in [0.5, 0.6) is 0 Å². The average molecular weight is 539 g/mol. The molecule has 3 unspecified atom stereocenters. The molecule has 3 aromatic rings. The first-order chi connectivity index (χ1) is 19.2. The molecule has 5 nitrogen and oxygen atoms in total. The van der Waals surface area contributed by atoms with Gasteiger partial charge in [-0.3, -0.25) is 14.5 Å². The van der Waals surface area contributed by atoms with Gasteiger partial charge in [-0.1, -0.05) is 53.6 Å². The monoisotopic (exact) mass is 538 g/mol. The number of Topliss-reactive ketones (excluding diaryl/α,β-unsaturated/α-hetero) is 2. The molecule has 0 amide bonds. The molecular weight excluding hydrogens is 496 g/mol. The maximum Gasteiger partial charge on any atom is 0.166 e. The van der Waals surface area contributed by atoms with Crippen LogP contribution in [-0.4, -0.2) is 41.7 Å². The van der Waals surface area contributed by atoms with Gasteiger partial charge in [-0.2, -0.15) is 0 Å². The summed E-state index contributed by atoms with van der Waals surface area (Å²) >= 11 is 0. The zero-order chi connectivity index (χ0) is 28.6. The Balaban J connectivity index is 1.43. The third-order valence-corrected chi connectivity index (χ3v) is 9.13. The molecule has 0 radical (unpaired) electrons. The second-order valence-corrected chi connectivity index (χ2v) is 11.8. The lowest BCUT2D eigenvalue weighted by Gasteiger charge is -2.40. The zero-order valence-electron chi connectivity index (χ0n) is 24.8. The van der Waals surface area contributed by atoms with Gasteiger partial charge in [0.2, 0.25) is 0 Å². The molecule has 0 N–H and O–H groups in total. The third-order valence-electron chi connectivity index (χ3n) is 9.13. The second kappa shape index (κ2) is 11.6. The van der Waals surface area contributed by atoms with Crippen molar-refractivity contribution in [3.63, 3.8) is 0 Å². The largest absolute Gasteiger partial charge is 0.496 e. The number of aryl methyl sites for hydroxylation is 1. The van der Waals surface area contributed by atoms with E-state index in [2.05, 4.69) is 79.8 Å². The molecule has 1 saturated heterocycles. The van der Waals surface area contributed by atoms with E-state index in [-0.39, 0.29) is 24.0 Å². The number of fused-ring (bicyclic) bond motifs is 1. The molecule has 0 saturated carbocycles. The molecule has 3 atom stereocenters. The number of likely N-dealkylation sites (tertiary alicyclic amines) is 1. The molecular formula is C35H42N2O3. The number of rotatable bonds is 8. The Morgan fingerprint density at radius 2 is 1.88 bits per heavy atom. The predicted molar refractivity (Wildman–Crippen MR) is 162 cm³/mol. The van der Waals surface area contributed by atoms with E-state index in [1.54, 1.807) is 7.11 Å². The number of ketones is 2. The van der Waals surface area contributed by atoms with Gasteiger partial charge in [0.25, 0.3) is 0 Å². The van der Waals surface area contributed by atoms with Crippen LogP contribution in [-0.2, 0) is 9.53 Å². The Hall–Kier alpha value is -3.44. The van der Waals surface area contributed by atoms with Crippen LogP contribution in [0.15, 0.2) is 71.5 Å². The maximum atomic E-state index is 13.8. The average Bonchev–Trinajstić information content (AvgIpc) is 3.23. The van der Waals surface area contributed by atoms with Crippen molar-refractivity contribution in [2.45, 2.75) is 71.9 Å². The van der Waals surface area contributed by atoms with Crippen LogP contribution in [0.1, 0.15) is 85.2 Å². The van der Waals surface area contributed by atoms with Crippen LogP contribution >= 0.6 is 0 Å². The lowest BCUT2D eigenvalue weighted by Crippen LogP contribution is -2.36. The number of hydrogen-bond donors (Lipinski definition) is 0. The van der Waals surface area contributed by atoms with Crippen molar-refractivity contribution in [2.75, 3.05) is 20.7 Å². The minimum absolute atomic E-state index is 0.0582. The number of carbonyl (C=O) groups excluding carboxylic acids is 2. The Morgan fingerprint density at radius 3 is 2.62 bits per heavy atom. The fourth-order valence-corrected chi connectivity index (χ4v) is 6.96. The summed E-state index contributed by atoms with van der Waals surface area (Å²) in [6, 6.07) is 17.8. The summed E-state index contributed by atoms with van der Waals surface area (Å²) in [5.74, 6) is 1.23. The number of hydrogen-bond acceptors (Lipinski definition) is 4. The smallest absolute Gasteiger partial charge is 0.166 e.